The number of benzene rings is 1. The van der Waals surface area contributed by atoms with E-state index in [4.69, 9.17) is 12.2 Å². The van der Waals surface area contributed by atoms with Gasteiger partial charge >= 0.3 is 0 Å². The highest BCUT2D eigenvalue weighted by Crippen LogP contribution is 2.25. The van der Waals surface area contributed by atoms with Crippen LogP contribution in [0.4, 0.5) is 0 Å². The molecule has 1 aromatic heterocycles. The highest BCUT2D eigenvalue weighted by molar-refractivity contribution is 7.71. The third-order valence-electron chi connectivity index (χ3n) is 2.68. The fourth-order valence-corrected chi connectivity index (χ4v) is 2.20. The summed E-state index contributed by atoms with van der Waals surface area (Å²) in [5.41, 5.74) is 4.87. The molecule has 0 aliphatic carbocycles. The molecule has 0 bridgehead atoms. The van der Waals surface area contributed by atoms with Crippen molar-refractivity contribution in [3.63, 3.8) is 0 Å². The van der Waals surface area contributed by atoms with Crippen LogP contribution in [-0.2, 0) is 7.05 Å². The maximum Gasteiger partial charge on any atom is 0.216 e. The molecule has 0 radical (unpaired) electrons. The molecule has 0 saturated heterocycles. The Labute approximate surface area is 100 Å². The van der Waals surface area contributed by atoms with Crippen molar-refractivity contribution in [2.45, 2.75) is 20.8 Å². The lowest BCUT2D eigenvalue weighted by atomic mass is 9.99. The van der Waals surface area contributed by atoms with Crippen molar-refractivity contribution in [3.8, 4) is 11.4 Å². The molecule has 0 saturated carbocycles. The summed E-state index contributed by atoms with van der Waals surface area (Å²) in [6.07, 6.45) is 0. The normalized spacial score (nSPS) is 10.8. The quantitative estimate of drug-likeness (QED) is 0.768. The van der Waals surface area contributed by atoms with Gasteiger partial charge in [0.05, 0.1) is 0 Å². The molecule has 84 valence electrons. The van der Waals surface area contributed by atoms with Crippen LogP contribution in [0.15, 0.2) is 12.1 Å². The van der Waals surface area contributed by atoms with Gasteiger partial charge in [-0.05, 0) is 44.1 Å². The highest BCUT2D eigenvalue weighted by Gasteiger charge is 2.10. The van der Waals surface area contributed by atoms with E-state index in [2.05, 4.69) is 43.0 Å². The number of hydrogen-bond donors (Lipinski definition) is 1. The molecule has 0 aliphatic rings. The molecule has 2 aromatic rings. The zero-order valence-corrected chi connectivity index (χ0v) is 10.8. The molecule has 1 heterocycles. The van der Waals surface area contributed by atoms with E-state index in [0.29, 0.717) is 4.77 Å². The van der Waals surface area contributed by atoms with Crippen molar-refractivity contribution in [3.05, 3.63) is 33.6 Å². The van der Waals surface area contributed by atoms with Crippen LogP contribution in [0.1, 0.15) is 16.7 Å². The minimum Gasteiger partial charge on any atom is -0.279 e. The minimum atomic E-state index is 0.578. The van der Waals surface area contributed by atoms with Crippen LogP contribution < -0.4 is 0 Å². The summed E-state index contributed by atoms with van der Waals surface area (Å²) in [4.78, 5) is 4.35. The number of aryl methyl sites for hydroxylation is 4. The monoisotopic (exact) mass is 233 g/mol. The summed E-state index contributed by atoms with van der Waals surface area (Å²) in [7, 11) is 1.87. The van der Waals surface area contributed by atoms with Crippen LogP contribution in [0.25, 0.3) is 11.4 Å². The fraction of sp³-hybridized carbons (Fsp3) is 0.333. The lowest BCUT2D eigenvalue weighted by Crippen LogP contribution is -1.93. The number of rotatable bonds is 1. The molecule has 4 heteroatoms. The Morgan fingerprint density at radius 1 is 1.19 bits per heavy atom. The standard InChI is InChI=1S/C12H15N3S/c1-7-5-8(2)10(9(3)6-7)11-13-12(16)15(4)14-11/h5-6H,1-4H3,(H,13,14,16). The van der Waals surface area contributed by atoms with E-state index in [1.54, 1.807) is 4.68 Å². The molecule has 1 aromatic carbocycles. The van der Waals surface area contributed by atoms with E-state index < -0.39 is 0 Å². The first kappa shape index (κ1) is 11.1. The van der Waals surface area contributed by atoms with Gasteiger partial charge in [0.15, 0.2) is 5.82 Å². The van der Waals surface area contributed by atoms with Crippen LogP contribution in [0.5, 0.6) is 0 Å². The summed E-state index contributed by atoms with van der Waals surface area (Å²) in [6, 6.07) is 4.32. The molecule has 1 N–H and O–H groups in total. The largest absolute Gasteiger partial charge is 0.279 e. The molecule has 0 fully saturated rings. The van der Waals surface area contributed by atoms with Crippen LogP contribution in [0.2, 0.25) is 0 Å². The Kier molecular flexibility index (Phi) is 2.68. The summed E-state index contributed by atoms with van der Waals surface area (Å²) < 4.78 is 2.33. The first-order chi connectivity index (χ1) is 7.49. The lowest BCUT2D eigenvalue weighted by molar-refractivity contribution is 0.756. The Morgan fingerprint density at radius 3 is 2.19 bits per heavy atom. The number of hydrogen-bond acceptors (Lipinski definition) is 2. The predicted molar refractivity (Wildman–Crippen MR) is 68.0 cm³/mol. The van der Waals surface area contributed by atoms with Gasteiger partial charge in [-0.2, -0.15) is 4.98 Å². The van der Waals surface area contributed by atoms with Crippen LogP contribution in [0, 0.1) is 25.5 Å². The Bertz CT molecular complexity index is 570. The predicted octanol–water partition coefficient (Wildman–Crippen LogP) is 3.07. The van der Waals surface area contributed by atoms with Crippen molar-refractivity contribution in [1.29, 1.82) is 0 Å². The second-order valence-electron chi connectivity index (χ2n) is 4.19. The molecule has 3 nitrogen and oxygen atoms in total. The minimum absolute atomic E-state index is 0.578. The van der Waals surface area contributed by atoms with Gasteiger partial charge in [-0.25, -0.2) is 0 Å². The summed E-state index contributed by atoms with van der Waals surface area (Å²) in [5, 5.41) is 3.16. The van der Waals surface area contributed by atoms with E-state index in [1.807, 2.05) is 7.05 Å². The van der Waals surface area contributed by atoms with Gasteiger partial charge in [-0.15, -0.1) is 0 Å². The molecule has 0 amide bonds. The third kappa shape index (κ3) is 1.80. The third-order valence-corrected chi connectivity index (χ3v) is 3.05. The summed E-state index contributed by atoms with van der Waals surface area (Å²) in [6.45, 7) is 6.30. The van der Waals surface area contributed by atoms with Crippen LogP contribution in [0.3, 0.4) is 0 Å². The topological polar surface area (TPSA) is 33.6 Å². The van der Waals surface area contributed by atoms with Crippen molar-refractivity contribution < 1.29 is 0 Å². The smallest absolute Gasteiger partial charge is 0.216 e. The number of H-pyrrole nitrogens is 1. The summed E-state index contributed by atoms with van der Waals surface area (Å²) in [5.74, 6) is 0.850. The van der Waals surface area contributed by atoms with Crippen LogP contribution in [-0.4, -0.2) is 14.8 Å². The molecule has 2 rings (SSSR count). The molecular formula is C12H15N3S. The first-order valence-corrected chi connectivity index (χ1v) is 5.61. The number of nitrogens with one attached hydrogen (secondary N) is 1. The highest BCUT2D eigenvalue weighted by atomic mass is 32.1. The van der Waals surface area contributed by atoms with Crippen molar-refractivity contribution in [2.24, 2.45) is 7.05 Å². The molecular weight excluding hydrogens is 218 g/mol. The number of nitrogens with zero attached hydrogens (tertiary/aromatic N) is 2. The molecule has 0 unspecified atom stereocenters. The first-order valence-electron chi connectivity index (χ1n) is 5.20. The van der Waals surface area contributed by atoms with E-state index in [1.165, 1.54) is 16.7 Å². The second-order valence-corrected chi connectivity index (χ2v) is 4.55. The van der Waals surface area contributed by atoms with Crippen LogP contribution >= 0.6 is 12.2 Å². The maximum atomic E-state index is 5.11. The Morgan fingerprint density at radius 2 is 1.75 bits per heavy atom. The van der Waals surface area contributed by atoms with Gasteiger partial charge in [0.1, 0.15) is 0 Å². The lowest BCUT2D eigenvalue weighted by Gasteiger charge is -2.08. The van der Waals surface area contributed by atoms with Gasteiger partial charge in [0.2, 0.25) is 4.77 Å². The van der Waals surface area contributed by atoms with E-state index >= 15 is 0 Å². The SMILES string of the molecule is Cc1cc(C)c(-c2nc(=S)n(C)[nH]2)c(C)c1. The zero-order valence-electron chi connectivity index (χ0n) is 9.96. The van der Waals surface area contributed by atoms with Gasteiger partial charge in [0, 0.05) is 12.6 Å². The average molecular weight is 233 g/mol. The van der Waals surface area contributed by atoms with Gasteiger partial charge in [0.25, 0.3) is 0 Å². The summed E-state index contributed by atoms with van der Waals surface area (Å²) >= 11 is 5.11. The van der Waals surface area contributed by atoms with Gasteiger partial charge < -0.3 is 0 Å². The molecule has 0 aliphatic heterocycles. The van der Waals surface area contributed by atoms with E-state index in [-0.39, 0.29) is 0 Å². The van der Waals surface area contributed by atoms with Crippen molar-refractivity contribution >= 4 is 12.2 Å². The number of aromatic nitrogens is 3. The van der Waals surface area contributed by atoms with Gasteiger partial charge in [-0.3, -0.25) is 9.78 Å². The van der Waals surface area contributed by atoms with Crippen molar-refractivity contribution in [2.75, 3.05) is 0 Å². The van der Waals surface area contributed by atoms with E-state index in [0.717, 1.165) is 11.4 Å². The molecule has 0 atom stereocenters. The average Bonchev–Trinajstić information content (AvgIpc) is 2.44. The van der Waals surface area contributed by atoms with Gasteiger partial charge in [-0.1, -0.05) is 17.7 Å². The van der Waals surface area contributed by atoms with E-state index in [9.17, 15) is 0 Å². The molecule has 0 spiro atoms. The molecule has 16 heavy (non-hydrogen) atoms. The number of aromatic amines is 1. The zero-order chi connectivity index (χ0) is 11.9. The maximum absolute atomic E-state index is 5.11. The Balaban J connectivity index is 2.69. The van der Waals surface area contributed by atoms with Crippen molar-refractivity contribution in [1.82, 2.24) is 14.8 Å². The fourth-order valence-electron chi connectivity index (χ4n) is 2.07. The Hall–Kier alpha value is -1.42. The second kappa shape index (κ2) is 3.87.